The first-order valence-corrected chi connectivity index (χ1v) is 10.4. The monoisotopic (exact) mass is 429 g/mol. The molecule has 1 atom stereocenters. The number of carbonyl (C=O) groups is 1. The van der Waals surface area contributed by atoms with Gasteiger partial charge in [0.15, 0.2) is 5.96 Å². The van der Waals surface area contributed by atoms with Gasteiger partial charge in [0.2, 0.25) is 5.91 Å². The minimum absolute atomic E-state index is 0.239. The van der Waals surface area contributed by atoms with Gasteiger partial charge < -0.3 is 26.0 Å². The second-order valence-electron chi connectivity index (χ2n) is 7.15. The number of hydrogen-bond donors (Lipinski definition) is 3. The number of aliphatic imine (C=N–C) groups is 1. The smallest absolute Gasteiger partial charge is 0.248 e. The summed E-state index contributed by atoms with van der Waals surface area (Å²) in [6.07, 6.45) is 0.969. The van der Waals surface area contributed by atoms with Crippen molar-refractivity contribution in [1.82, 2.24) is 10.6 Å². The van der Waals surface area contributed by atoms with E-state index in [4.69, 9.17) is 22.1 Å². The first-order chi connectivity index (χ1) is 14.5. The van der Waals surface area contributed by atoms with Crippen LogP contribution >= 0.6 is 11.6 Å². The number of nitrogens with zero attached hydrogens (tertiary/aromatic N) is 2. The average Bonchev–Trinajstić information content (AvgIpc) is 3.20. The number of hydrogen-bond acceptors (Lipinski definition) is 4. The van der Waals surface area contributed by atoms with E-state index in [-0.39, 0.29) is 6.04 Å². The van der Waals surface area contributed by atoms with E-state index in [0.29, 0.717) is 17.1 Å². The van der Waals surface area contributed by atoms with Crippen molar-refractivity contribution in [1.29, 1.82) is 0 Å². The van der Waals surface area contributed by atoms with Crippen molar-refractivity contribution < 1.29 is 9.53 Å². The standard InChI is InChI=1S/C22H28ClN5O2/c1-3-25-22(26-13-15-5-4-6-16(11-15)21(24)29)27-18-9-10-28(14-18)19-12-17(23)7-8-20(19)30-2/h4-8,11-12,18H,3,9-10,13-14H2,1-2H3,(H2,24,29)(H2,25,26,27). The molecule has 1 unspecified atom stereocenters. The summed E-state index contributed by atoms with van der Waals surface area (Å²) >= 11 is 6.19. The second kappa shape index (κ2) is 10.2. The summed E-state index contributed by atoms with van der Waals surface area (Å²) in [4.78, 5) is 18.3. The van der Waals surface area contributed by atoms with Crippen LogP contribution in [0.3, 0.4) is 0 Å². The van der Waals surface area contributed by atoms with Gasteiger partial charge in [0.05, 0.1) is 19.3 Å². The second-order valence-corrected chi connectivity index (χ2v) is 7.59. The van der Waals surface area contributed by atoms with Crippen LogP contribution in [-0.2, 0) is 6.54 Å². The van der Waals surface area contributed by atoms with Gasteiger partial charge in [-0.25, -0.2) is 4.99 Å². The zero-order chi connectivity index (χ0) is 21.5. The average molecular weight is 430 g/mol. The van der Waals surface area contributed by atoms with Crippen LogP contribution in [0.1, 0.15) is 29.3 Å². The molecule has 0 aromatic heterocycles. The molecular formula is C22H28ClN5O2. The van der Waals surface area contributed by atoms with Crippen LogP contribution in [0.15, 0.2) is 47.5 Å². The van der Waals surface area contributed by atoms with Crippen molar-refractivity contribution in [3.8, 4) is 5.75 Å². The van der Waals surface area contributed by atoms with E-state index >= 15 is 0 Å². The molecule has 1 aliphatic heterocycles. The summed E-state index contributed by atoms with van der Waals surface area (Å²) in [6, 6.07) is 13.1. The predicted octanol–water partition coefficient (Wildman–Crippen LogP) is 2.78. The highest BCUT2D eigenvalue weighted by Crippen LogP contribution is 2.33. The van der Waals surface area contributed by atoms with Crippen molar-refractivity contribution >= 4 is 29.2 Å². The number of rotatable bonds is 7. The molecule has 0 radical (unpaired) electrons. The van der Waals surface area contributed by atoms with E-state index < -0.39 is 5.91 Å². The molecule has 0 aliphatic carbocycles. The molecule has 1 heterocycles. The molecule has 3 rings (SSSR count). The van der Waals surface area contributed by atoms with Crippen molar-refractivity contribution in [2.24, 2.45) is 10.7 Å². The Morgan fingerprint density at radius 3 is 2.90 bits per heavy atom. The third-order valence-corrected chi connectivity index (χ3v) is 5.22. The summed E-state index contributed by atoms with van der Waals surface area (Å²) in [5.41, 5.74) is 7.78. The summed E-state index contributed by atoms with van der Waals surface area (Å²) in [6.45, 7) is 4.95. The molecule has 0 saturated carbocycles. The number of nitrogens with one attached hydrogen (secondary N) is 2. The Balaban J connectivity index is 1.66. The molecule has 8 heteroatoms. The van der Waals surface area contributed by atoms with Gasteiger partial charge in [-0.3, -0.25) is 4.79 Å². The van der Waals surface area contributed by atoms with Gasteiger partial charge in [0, 0.05) is 36.3 Å². The molecule has 1 saturated heterocycles. The van der Waals surface area contributed by atoms with Crippen molar-refractivity contribution in [3.05, 3.63) is 58.6 Å². The molecule has 1 amide bonds. The number of amides is 1. The normalized spacial score (nSPS) is 16.4. The number of methoxy groups -OCH3 is 1. The number of nitrogens with two attached hydrogens (primary N) is 1. The van der Waals surface area contributed by atoms with Crippen LogP contribution in [0, 0.1) is 0 Å². The molecule has 4 N–H and O–H groups in total. The summed E-state index contributed by atoms with van der Waals surface area (Å²) in [5, 5.41) is 7.48. The lowest BCUT2D eigenvalue weighted by molar-refractivity contribution is 0.1000. The van der Waals surface area contributed by atoms with E-state index in [1.807, 2.05) is 37.3 Å². The fraction of sp³-hybridized carbons (Fsp3) is 0.364. The predicted molar refractivity (Wildman–Crippen MR) is 122 cm³/mol. The Bertz CT molecular complexity index is 918. The highest BCUT2D eigenvalue weighted by Gasteiger charge is 2.25. The van der Waals surface area contributed by atoms with Gasteiger partial charge in [0.25, 0.3) is 0 Å². The van der Waals surface area contributed by atoms with E-state index in [1.165, 1.54) is 0 Å². The van der Waals surface area contributed by atoms with Gasteiger partial charge >= 0.3 is 0 Å². The number of guanidine groups is 1. The third-order valence-electron chi connectivity index (χ3n) is 4.99. The summed E-state index contributed by atoms with van der Waals surface area (Å²) in [5.74, 6) is 1.12. The van der Waals surface area contributed by atoms with Crippen molar-refractivity contribution in [2.45, 2.75) is 25.9 Å². The van der Waals surface area contributed by atoms with Crippen LogP contribution in [-0.4, -0.2) is 44.7 Å². The van der Waals surface area contributed by atoms with Crippen LogP contribution in [0.4, 0.5) is 5.69 Å². The Morgan fingerprint density at radius 1 is 1.33 bits per heavy atom. The molecule has 7 nitrogen and oxygen atoms in total. The number of halogens is 1. The van der Waals surface area contributed by atoms with Crippen LogP contribution < -0.4 is 26.0 Å². The molecule has 2 aromatic rings. The lowest BCUT2D eigenvalue weighted by Gasteiger charge is -2.22. The molecule has 160 valence electrons. The molecule has 1 fully saturated rings. The van der Waals surface area contributed by atoms with E-state index in [0.717, 1.165) is 49.0 Å². The minimum Gasteiger partial charge on any atom is -0.495 e. The van der Waals surface area contributed by atoms with Crippen molar-refractivity contribution in [3.63, 3.8) is 0 Å². The fourth-order valence-corrected chi connectivity index (χ4v) is 3.68. The first-order valence-electron chi connectivity index (χ1n) is 10.0. The van der Waals surface area contributed by atoms with Gasteiger partial charge in [-0.2, -0.15) is 0 Å². The van der Waals surface area contributed by atoms with E-state index in [9.17, 15) is 4.79 Å². The highest BCUT2D eigenvalue weighted by atomic mass is 35.5. The number of carbonyl (C=O) groups excluding carboxylic acids is 1. The minimum atomic E-state index is -0.437. The fourth-order valence-electron chi connectivity index (χ4n) is 3.51. The molecule has 0 bridgehead atoms. The van der Waals surface area contributed by atoms with E-state index in [2.05, 4.69) is 20.5 Å². The lowest BCUT2D eigenvalue weighted by atomic mass is 10.1. The maximum Gasteiger partial charge on any atom is 0.248 e. The lowest BCUT2D eigenvalue weighted by Crippen LogP contribution is -2.44. The van der Waals surface area contributed by atoms with Crippen LogP contribution in [0.25, 0.3) is 0 Å². The number of primary amides is 1. The van der Waals surface area contributed by atoms with Gasteiger partial charge in [-0.05, 0) is 49.2 Å². The first kappa shape index (κ1) is 21.8. The quantitative estimate of drug-likeness (QED) is 0.465. The maximum atomic E-state index is 11.4. The molecule has 0 spiro atoms. The molecular weight excluding hydrogens is 402 g/mol. The zero-order valence-corrected chi connectivity index (χ0v) is 18.1. The van der Waals surface area contributed by atoms with Crippen LogP contribution in [0.5, 0.6) is 5.75 Å². The Morgan fingerprint density at radius 2 is 2.17 bits per heavy atom. The maximum absolute atomic E-state index is 11.4. The third kappa shape index (κ3) is 5.57. The topological polar surface area (TPSA) is 92.0 Å². The number of benzene rings is 2. The molecule has 1 aliphatic rings. The Hall–Kier alpha value is -2.93. The zero-order valence-electron chi connectivity index (χ0n) is 17.3. The highest BCUT2D eigenvalue weighted by molar-refractivity contribution is 6.30. The Labute approximate surface area is 182 Å². The van der Waals surface area contributed by atoms with Crippen molar-refractivity contribution in [2.75, 3.05) is 31.6 Å². The van der Waals surface area contributed by atoms with Gasteiger partial charge in [-0.15, -0.1) is 0 Å². The molecule has 2 aromatic carbocycles. The Kier molecular flexibility index (Phi) is 7.41. The van der Waals surface area contributed by atoms with E-state index in [1.54, 1.807) is 19.2 Å². The number of ether oxygens (including phenoxy) is 1. The summed E-state index contributed by atoms with van der Waals surface area (Å²) < 4.78 is 5.49. The van der Waals surface area contributed by atoms with Crippen LogP contribution in [0.2, 0.25) is 5.02 Å². The van der Waals surface area contributed by atoms with Gasteiger partial charge in [0.1, 0.15) is 5.75 Å². The molecule has 30 heavy (non-hydrogen) atoms. The summed E-state index contributed by atoms with van der Waals surface area (Å²) in [7, 11) is 1.67. The largest absolute Gasteiger partial charge is 0.495 e. The SMILES string of the molecule is CCNC(=NCc1cccc(C(N)=O)c1)NC1CCN(c2cc(Cl)ccc2OC)C1. The van der Waals surface area contributed by atoms with Gasteiger partial charge in [-0.1, -0.05) is 23.7 Å². The number of anilines is 1.